The van der Waals surface area contributed by atoms with Gasteiger partial charge >= 0.3 is 0 Å². The number of amides is 2. The standard InChI is InChI=1S/C25H33N5O2/c1-17(2)25(3)14-23(32)30(24(26)27-25)15-18-10-11-28(4)21(12-18)29-16-20(13-22(29)31)19-8-6-5-7-9-19/h5-12,17,20-21H,13-16H2,1-4H3,(H2,26,27)/t20-,21?,25-/m0/s1. The molecule has 7 nitrogen and oxygen atoms in total. The Bertz CT molecular complexity index is 983. The van der Waals surface area contributed by atoms with E-state index < -0.39 is 5.54 Å². The van der Waals surface area contributed by atoms with Gasteiger partial charge in [-0.2, -0.15) is 0 Å². The molecule has 0 radical (unpaired) electrons. The van der Waals surface area contributed by atoms with Crippen LogP contribution in [0.15, 0.2) is 59.2 Å². The third-order valence-electron chi connectivity index (χ3n) is 7.09. The largest absolute Gasteiger partial charge is 0.369 e. The van der Waals surface area contributed by atoms with Gasteiger partial charge in [-0.15, -0.1) is 0 Å². The van der Waals surface area contributed by atoms with Gasteiger partial charge in [0.05, 0.1) is 18.5 Å². The van der Waals surface area contributed by atoms with E-state index in [9.17, 15) is 9.59 Å². The third kappa shape index (κ3) is 4.16. The summed E-state index contributed by atoms with van der Waals surface area (Å²) in [6, 6.07) is 10.2. The lowest BCUT2D eigenvalue weighted by Gasteiger charge is -2.39. The quantitative estimate of drug-likeness (QED) is 0.771. The zero-order valence-corrected chi connectivity index (χ0v) is 19.4. The van der Waals surface area contributed by atoms with Gasteiger partial charge in [-0.05, 0) is 36.1 Å². The minimum absolute atomic E-state index is 0.0140. The Labute approximate surface area is 190 Å². The summed E-state index contributed by atoms with van der Waals surface area (Å²) in [7, 11) is 1.97. The molecule has 0 saturated carbocycles. The number of benzene rings is 1. The average molecular weight is 436 g/mol. The summed E-state index contributed by atoms with van der Waals surface area (Å²) in [5, 5.41) is 0. The molecule has 3 aliphatic rings. The van der Waals surface area contributed by atoms with Gasteiger partial charge in [-0.1, -0.05) is 44.2 Å². The summed E-state index contributed by atoms with van der Waals surface area (Å²) in [5.41, 5.74) is 7.89. The summed E-state index contributed by atoms with van der Waals surface area (Å²) in [4.78, 5) is 35.9. The van der Waals surface area contributed by atoms with E-state index in [1.54, 1.807) is 4.90 Å². The number of carbonyl (C=O) groups excluding carboxylic acids is 2. The maximum absolute atomic E-state index is 12.9. The number of guanidine groups is 1. The lowest BCUT2D eigenvalue weighted by molar-refractivity contribution is -0.131. The van der Waals surface area contributed by atoms with E-state index in [4.69, 9.17) is 5.73 Å². The van der Waals surface area contributed by atoms with Crippen LogP contribution in [0, 0.1) is 5.92 Å². The van der Waals surface area contributed by atoms with Crippen molar-refractivity contribution in [1.29, 1.82) is 0 Å². The van der Waals surface area contributed by atoms with E-state index in [-0.39, 0.29) is 35.8 Å². The molecule has 3 atom stereocenters. The second-order valence-electron chi connectivity index (χ2n) is 9.63. The van der Waals surface area contributed by atoms with Crippen molar-refractivity contribution in [1.82, 2.24) is 14.7 Å². The molecule has 32 heavy (non-hydrogen) atoms. The van der Waals surface area contributed by atoms with Crippen molar-refractivity contribution in [3.63, 3.8) is 0 Å². The van der Waals surface area contributed by atoms with Crippen LogP contribution >= 0.6 is 0 Å². The number of nitrogens with two attached hydrogens (primary N) is 1. The van der Waals surface area contributed by atoms with Gasteiger partial charge in [-0.25, -0.2) is 4.99 Å². The number of likely N-dealkylation sites (N-methyl/N-ethyl adjacent to an activating group) is 1. The summed E-state index contributed by atoms with van der Waals surface area (Å²) in [5.74, 6) is 0.811. The van der Waals surface area contributed by atoms with Crippen LogP contribution in [0.1, 0.15) is 45.1 Å². The Morgan fingerprint density at radius 3 is 2.56 bits per heavy atom. The van der Waals surface area contributed by atoms with E-state index >= 15 is 0 Å². The first-order valence-electron chi connectivity index (χ1n) is 11.3. The Kier molecular flexibility index (Phi) is 5.84. The van der Waals surface area contributed by atoms with E-state index in [2.05, 4.69) is 37.0 Å². The van der Waals surface area contributed by atoms with Gasteiger partial charge < -0.3 is 15.5 Å². The van der Waals surface area contributed by atoms with E-state index in [0.29, 0.717) is 25.9 Å². The Morgan fingerprint density at radius 2 is 1.91 bits per heavy atom. The summed E-state index contributed by atoms with van der Waals surface area (Å²) >= 11 is 0. The fraction of sp³-hybridized carbons (Fsp3) is 0.480. The second kappa shape index (κ2) is 8.45. The smallest absolute Gasteiger partial charge is 0.232 e. The first-order chi connectivity index (χ1) is 15.2. The van der Waals surface area contributed by atoms with Crippen LogP contribution in [0.2, 0.25) is 0 Å². The predicted octanol–water partition coefficient (Wildman–Crippen LogP) is 2.68. The summed E-state index contributed by atoms with van der Waals surface area (Å²) in [6.45, 7) is 7.12. The van der Waals surface area contributed by atoms with Crippen LogP contribution in [-0.2, 0) is 9.59 Å². The zero-order valence-electron chi connectivity index (χ0n) is 19.4. The highest BCUT2D eigenvalue weighted by Crippen LogP contribution is 2.33. The molecule has 4 rings (SSSR count). The molecular formula is C25H33N5O2. The van der Waals surface area contributed by atoms with Crippen LogP contribution in [-0.4, -0.2) is 64.3 Å². The van der Waals surface area contributed by atoms with Gasteiger partial charge in [0.25, 0.3) is 0 Å². The van der Waals surface area contributed by atoms with Crippen LogP contribution < -0.4 is 5.73 Å². The molecule has 0 aromatic heterocycles. The van der Waals surface area contributed by atoms with Crippen LogP contribution in [0.3, 0.4) is 0 Å². The van der Waals surface area contributed by atoms with Crippen LogP contribution in [0.4, 0.5) is 0 Å². The third-order valence-corrected chi connectivity index (χ3v) is 7.09. The number of rotatable bonds is 5. The molecule has 0 spiro atoms. The lowest BCUT2D eigenvalue weighted by atomic mass is 9.84. The molecule has 2 amide bonds. The van der Waals surface area contributed by atoms with Crippen molar-refractivity contribution in [2.45, 2.75) is 51.2 Å². The fourth-order valence-corrected chi connectivity index (χ4v) is 4.59. The van der Waals surface area contributed by atoms with E-state index in [1.807, 2.05) is 54.2 Å². The maximum atomic E-state index is 12.9. The number of hydrogen-bond donors (Lipinski definition) is 1. The Morgan fingerprint density at radius 1 is 1.19 bits per heavy atom. The maximum Gasteiger partial charge on any atom is 0.232 e. The molecule has 1 fully saturated rings. The van der Waals surface area contributed by atoms with E-state index in [0.717, 1.165) is 5.57 Å². The molecule has 2 N–H and O–H groups in total. The monoisotopic (exact) mass is 435 g/mol. The molecule has 0 aliphatic carbocycles. The van der Waals surface area contributed by atoms with Gasteiger partial charge in [0.2, 0.25) is 11.8 Å². The highest BCUT2D eigenvalue weighted by molar-refractivity contribution is 5.99. The van der Waals surface area contributed by atoms with Crippen molar-refractivity contribution in [2.75, 3.05) is 20.1 Å². The van der Waals surface area contributed by atoms with Gasteiger partial charge in [-0.3, -0.25) is 14.5 Å². The first kappa shape index (κ1) is 22.1. The van der Waals surface area contributed by atoms with Crippen molar-refractivity contribution in [3.8, 4) is 0 Å². The summed E-state index contributed by atoms with van der Waals surface area (Å²) < 4.78 is 0. The van der Waals surface area contributed by atoms with Crippen molar-refractivity contribution in [2.24, 2.45) is 16.6 Å². The minimum Gasteiger partial charge on any atom is -0.369 e. The predicted molar refractivity (Wildman–Crippen MR) is 125 cm³/mol. The molecule has 1 aromatic rings. The van der Waals surface area contributed by atoms with Crippen molar-refractivity contribution < 1.29 is 9.59 Å². The second-order valence-corrected chi connectivity index (χ2v) is 9.63. The normalized spacial score (nSPS) is 28.5. The Balaban J connectivity index is 1.51. The number of likely N-dealkylation sites (tertiary alicyclic amines) is 1. The van der Waals surface area contributed by atoms with E-state index in [1.165, 1.54) is 5.56 Å². The SMILES string of the molecule is CC(C)[C@]1(C)CC(=O)N(CC2=CC(N3C[C@@H](c4ccccc4)CC3=O)N(C)C=C2)C(N)=N1. The molecule has 1 aromatic carbocycles. The van der Waals surface area contributed by atoms with Gasteiger partial charge in [0.15, 0.2) is 5.96 Å². The van der Waals surface area contributed by atoms with Gasteiger partial charge in [0.1, 0.15) is 6.17 Å². The fourth-order valence-electron chi connectivity index (χ4n) is 4.59. The van der Waals surface area contributed by atoms with Crippen LogP contribution in [0.5, 0.6) is 0 Å². The number of aliphatic imine (C=N–C) groups is 1. The topological polar surface area (TPSA) is 82.2 Å². The molecule has 0 bridgehead atoms. The number of carbonyl (C=O) groups is 2. The van der Waals surface area contributed by atoms with Crippen molar-refractivity contribution >= 4 is 17.8 Å². The molecule has 3 aliphatic heterocycles. The van der Waals surface area contributed by atoms with Crippen LogP contribution in [0.25, 0.3) is 0 Å². The molecule has 1 saturated heterocycles. The molecule has 1 unspecified atom stereocenters. The minimum atomic E-state index is -0.467. The highest BCUT2D eigenvalue weighted by Gasteiger charge is 2.39. The zero-order chi connectivity index (χ0) is 23.0. The Hall–Kier alpha value is -3.09. The molecule has 170 valence electrons. The number of nitrogens with zero attached hydrogens (tertiary/aromatic N) is 4. The van der Waals surface area contributed by atoms with Crippen molar-refractivity contribution in [3.05, 3.63) is 59.8 Å². The van der Waals surface area contributed by atoms with Gasteiger partial charge in [0, 0.05) is 32.1 Å². The molecule has 3 heterocycles. The molecular weight excluding hydrogens is 402 g/mol. The lowest BCUT2D eigenvalue weighted by Crippen LogP contribution is -2.53. The highest BCUT2D eigenvalue weighted by atomic mass is 16.2. The molecule has 7 heteroatoms. The average Bonchev–Trinajstić information content (AvgIpc) is 3.14. The number of hydrogen-bond acceptors (Lipinski definition) is 5. The first-order valence-corrected chi connectivity index (χ1v) is 11.3. The summed E-state index contributed by atoms with van der Waals surface area (Å²) in [6.07, 6.45) is 6.66.